The normalized spacial score (nSPS) is 13.0. The summed E-state index contributed by atoms with van der Waals surface area (Å²) < 4.78 is 0. The van der Waals surface area contributed by atoms with Crippen LogP contribution >= 0.6 is 11.6 Å². The molecule has 0 aromatic heterocycles. The molecule has 0 aliphatic rings. The average molecular weight is 255 g/mol. The van der Waals surface area contributed by atoms with Crippen LogP contribution < -0.4 is 5.32 Å². The van der Waals surface area contributed by atoms with Crippen molar-refractivity contribution in [2.45, 2.75) is 26.3 Å². The Labute approximate surface area is 110 Å². The quantitative estimate of drug-likeness (QED) is 0.803. The molecule has 1 rings (SSSR count). The second-order valence-electron chi connectivity index (χ2n) is 4.21. The molecular weight excluding hydrogens is 232 g/mol. The molecule has 0 amide bonds. The van der Waals surface area contributed by atoms with Crippen LogP contribution in [0.15, 0.2) is 24.3 Å². The van der Waals surface area contributed by atoms with E-state index >= 15 is 0 Å². The maximum Gasteiger partial charge on any atom is 0.0406 e. The van der Waals surface area contributed by atoms with E-state index in [1.54, 1.807) is 0 Å². The third-order valence-electron chi connectivity index (χ3n) is 3.25. The lowest BCUT2D eigenvalue weighted by molar-refractivity contribution is 0.284. The van der Waals surface area contributed by atoms with Crippen molar-refractivity contribution in [3.05, 3.63) is 34.9 Å². The molecule has 1 unspecified atom stereocenters. The van der Waals surface area contributed by atoms with Crippen LogP contribution in [0.5, 0.6) is 0 Å². The molecule has 0 saturated heterocycles. The van der Waals surface area contributed by atoms with Gasteiger partial charge in [0, 0.05) is 11.1 Å². The van der Waals surface area contributed by atoms with Crippen LogP contribution in [-0.2, 0) is 0 Å². The van der Waals surface area contributed by atoms with Crippen molar-refractivity contribution in [3.63, 3.8) is 0 Å². The first-order valence-corrected chi connectivity index (χ1v) is 6.74. The van der Waals surface area contributed by atoms with Crippen LogP contribution in [0.2, 0.25) is 5.02 Å². The van der Waals surface area contributed by atoms with Gasteiger partial charge in [-0.2, -0.15) is 0 Å². The average Bonchev–Trinajstić information content (AvgIpc) is 2.36. The fraction of sp³-hybridized carbons (Fsp3) is 0.571. The van der Waals surface area contributed by atoms with Gasteiger partial charge in [-0.25, -0.2) is 0 Å². The van der Waals surface area contributed by atoms with E-state index in [4.69, 9.17) is 11.6 Å². The molecule has 0 saturated carbocycles. The first-order valence-electron chi connectivity index (χ1n) is 6.36. The van der Waals surface area contributed by atoms with Crippen molar-refractivity contribution in [1.29, 1.82) is 0 Å². The predicted octanol–water partition coefficient (Wildman–Crippen LogP) is 3.33. The highest BCUT2D eigenvalue weighted by Gasteiger charge is 2.10. The molecule has 1 atom stereocenters. The van der Waals surface area contributed by atoms with E-state index in [-0.39, 0.29) is 0 Å². The summed E-state index contributed by atoms with van der Waals surface area (Å²) in [4.78, 5) is 2.44. The van der Waals surface area contributed by atoms with E-state index < -0.39 is 0 Å². The first-order chi connectivity index (χ1) is 8.21. The van der Waals surface area contributed by atoms with E-state index in [0.717, 1.165) is 31.1 Å². The standard InChI is InChI=1S/C14H23ClN2/c1-4-17(5-2)11-10-14(16-3)12-6-8-13(15)9-7-12/h6-9,14,16H,4-5,10-11H2,1-3H3. The van der Waals surface area contributed by atoms with Crippen molar-refractivity contribution < 1.29 is 0 Å². The Balaban J connectivity index is 2.56. The summed E-state index contributed by atoms with van der Waals surface area (Å²) in [7, 11) is 2.02. The smallest absolute Gasteiger partial charge is 0.0406 e. The van der Waals surface area contributed by atoms with E-state index in [9.17, 15) is 0 Å². The van der Waals surface area contributed by atoms with Crippen molar-refractivity contribution >= 4 is 11.6 Å². The molecule has 0 aliphatic carbocycles. The van der Waals surface area contributed by atoms with Gasteiger partial charge in [0.15, 0.2) is 0 Å². The SMILES string of the molecule is CCN(CC)CCC(NC)c1ccc(Cl)cc1. The Morgan fingerprint density at radius 2 is 1.76 bits per heavy atom. The number of nitrogens with one attached hydrogen (secondary N) is 1. The van der Waals surface area contributed by atoms with Crippen LogP contribution in [0.4, 0.5) is 0 Å². The van der Waals surface area contributed by atoms with Crippen molar-refractivity contribution in [1.82, 2.24) is 10.2 Å². The molecule has 1 aromatic carbocycles. The number of hydrogen-bond acceptors (Lipinski definition) is 2. The molecule has 0 heterocycles. The summed E-state index contributed by atoms with van der Waals surface area (Å²) in [5, 5.41) is 4.17. The highest BCUT2D eigenvalue weighted by molar-refractivity contribution is 6.30. The third kappa shape index (κ3) is 4.66. The minimum Gasteiger partial charge on any atom is -0.313 e. The van der Waals surface area contributed by atoms with E-state index in [1.165, 1.54) is 5.56 Å². The van der Waals surface area contributed by atoms with E-state index in [1.807, 2.05) is 19.2 Å². The fourth-order valence-electron chi connectivity index (χ4n) is 2.02. The lowest BCUT2D eigenvalue weighted by atomic mass is 10.0. The molecule has 0 spiro atoms. The number of halogens is 1. The zero-order valence-corrected chi connectivity index (χ0v) is 11.8. The highest BCUT2D eigenvalue weighted by Crippen LogP contribution is 2.19. The van der Waals surface area contributed by atoms with Gasteiger partial charge in [0.25, 0.3) is 0 Å². The first kappa shape index (κ1) is 14.5. The molecule has 0 radical (unpaired) electrons. The second kappa shape index (κ2) is 7.70. The Hall–Kier alpha value is -0.570. The summed E-state index contributed by atoms with van der Waals surface area (Å²) >= 11 is 5.90. The predicted molar refractivity (Wildman–Crippen MR) is 75.7 cm³/mol. The van der Waals surface area contributed by atoms with Gasteiger partial charge in [0.05, 0.1) is 0 Å². The van der Waals surface area contributed by atoms with Crippen LogP contribution in [0, 0.1) is 0 Å². The van der Waals surface area contributed by atoms with Crippen LogP contribution in [-0.4, -0.2) is 31.6 Å². The molecular formula is C14H23ClN2. The zero-order chi connectivity index (χ0) is 12.7. The van der Waals surface area contributed by atoms with Crippen molar-refractivity contribution in [2.75, 3.05) is 26.7 Å². The molecule has 2 nitrogen and oxygen atoms in total. The molecule has 0 aliphatic heterocycles. The van der Waals surface area contributed by atoms with Crippen molar-refractivity contribution in [2.24, 2.45) is 0 Å². The molecule has 0 fully saturated rings. The zero-order valence-electron chi connectivity index (χ0n) is 11.0. The lowest BCUT2D eigenvalue weighted by Crippen LogP contribution is -2.28. The topological polar surface area (TPSA) is 15.3 Å². The minimum atomic E-state index is 0.410. The van der Waals surface area contributed by atoms with Gasteiger partial charge in [0.1, 0.15) is 0 Å². The lowest BCUT2D eigenvalue weighted by Gasteiger charge is -2.22. The minimum absolute atomic E-state index is 0.410. The fourth-order valence-corrected chi connectivity index (χ4v) is 2.15. The Morgan fingerprint density at radius 3 is 2.24 bits per heavy atom. The van der Waals surface area contributed by atoms with Gasteiger partial charge < -0.3 is 10.2 Å². The Morgan fingerprint density at radius 1 is 1.18 bits per heavy atom. The van der Waals surface area contributed by atoms with E-state index in [2.05, 4.69) is 36.2 Å². The van der Waals surface area contributed by atoms with Gasteiger partial charge in [-0.05, 0) is 50.8 Å². The van der Waals surface area contributed by atoms with Gasteiger partial charge in [-0.15, -0.1) is 0 Å². The van der Waals surface area contributed by atoms with Gasteiger partial charge >= 0.3 is 0 Å². The number of benzene rings is 1. The monoisotopic (exact) mass is 254 g/mol. The summed E-state index contributed by atoms with van der Waals surface area (Å²) in [6.07, 6.45) is 1.12. The number of hydrogen-bond donors (Lipinski definition) is 1. The molecule has 96 valence electrons. The molecule has 1 aromatic rings. The number of rotatable bonds is 7. The Bertz CT molecular complexity index is 307. The summed E-state index contributed by atoms with van der Waals surface area (Å²) in [5.74, 6) is 0. The van der Waals surface area contributed by atoms with Crippen LogP contribution in [0.25, 0.3) is 0 Å². The highest BCUT2D eigenvalue weighted by atomic mass is 35.5. The molecule has 3 heteroatoms. The summed E-state index contributed by atoms with van der Waals surface area (Å²) in [6.45, 7) is 7.78. The summed E-state index contributed by atoms with van der Waals surface area (Å²) in [5.41, 5.74) is 1.31. The largest absolute Gasteiger partial charge is 0.313 e. The van der Waals surface area contributed by atoms with Crippen LogP contribution in [0.1, 0.15) is 31.9 Å². The third-order valence-corrected chi connectivity index (χ3v) is 3.50. The Kier molecular flexibility index (Phi) is 6.56. The summed E-state index contributed by atoms with van der Waals surface area (Å²) in [6, 6.07) is 8.53. The van der Waals surface area contributed by atoms with Crippen LogP contribution in [0.3, 0.4) is 0 Å². The van der Waals surface area contributed by atoms with Crippen molar-refractivity contribution in [3.8, 4) is 0 Å². The van der Waals surface area contributed by atoms with E-state index in [0.29, 0.717) is 6.04 Å². The second-order valence-corrected chi connectivity index (χ2v) is 4.64. The maximum atomic E-state index is 5.90. The molecule has 0 bridgehead atoms. The van der Waals surface area contributed by atoms with Gasteiger partial charge in [-0.1, -0.05) is 37.6 Å². The number of nitrogens with zero attached hydrogens (tertiary/aromatic N) is 1. The molecule has 17 heavy (non-hydrogen) atoms. The maximum absolute atomic E-state index is 5.90. The van der Waals surface area contributed by atoms with Gasteiger partial charge in [0.2, 0.25) is 0 Å². The molecule has 1 N–H and O–H groups in total. The van der Waals surface area contributed by atoms with Gasteiger partial charge in [-0.3, -0.25) is 0 Å².